The molecule has 1 aliphatic rings. The normalized spacial score (nSPS) is 17.7. The number of aromatic nitrogens is 1. The maximum absolute atomic E-state index is 5.40. The fraction of sp³-hybridized carbons (Fsp3) is 0.389. The van der Waals surface area contributed by atoms with Gasteiger partial charge in [0, 0.05) is 25.8 Å². The van der Waals surface area contributed by atoms with Crippen molar-refractivity contribution in [3.8, 4) is 5.75 Å². The van der Waals surface area contributed by atoms with E-state index < -0.39 is 0 Å². The molecular weight excluding hydrogens is 274 g/mol. The second kappa shape index (κ2) is 7.38. The van der Waals surface area contributed by atoms with E-state index in [2.05, 4.69) is 45.5 Å². The number of hydrogen-bond acceptors (Lipinski definition) is 4. The number of ether oxygens (including phenoxy) is 1. The molecule has 1 fully saturated rings. The van der Waals surface area contributed by atoms with Crippen LogP contribution < -0.4 is 10.1 Å². The standard InChI is InChI=1S/C18H23N3O/c1-22-16-7-4-6-15(14-16)18(17-8-2-3-10-20-17)21-12-5-9-19-11-13-21/h2-4,6-8,10,14,18-19H,5,9,11-13H2,1H3. The summed E-state index contributed by atoms with van der Waals surface area (Å²) in [5.74, 6) is 0.895. The summed E-state index contributed by atoms with van der Waals surface area (Å²) in [5.41, 5.74) is 2.33. The molecule has 2 aromatic rings. The van der Waals surface area contributed by atoms with Gasteiger partial charge in [0.2, 0.25) is 0 Å². The van der Waals surface area contributed by atoms with Gasteiger partial charge in [-0.25, -0.2) is 0 Å². The number of nitrogens with one attached hydrogen (secondary N) is 1. The van der Waals surface area contributed by atoms with E-state index in [1.807, 2.05) is 18.3 Å². The van der Waals surface area contributed by atoms with E-state index in [-0.39, 0.29) is 6.04 Å². The zero-order chi connectivity index (χ0) is 15.2. The van der Waals surface area contributed by atoms with Crippen LogP contribution in [0.2, 0.25) is 0 Å². The van der Waals surface area contributed by atoms with E-state index in [0.717, 1.165) is 44.0 Å². The molecule has 4 heteroatoms. The Morgan fingerprint density at radius 3 is 2.91 bits per heavy atom. The molecule has 1 aliphatic heterocycles. The third-order valence-electron chi connectivity index (χ3n) is 4.12. The minimum atomic E-state index is 0.177. The van der Waals surface area contributed by atoms with Crippen LogP contribution in [0.15, 0.2) is 48.7 Å². The minimum absolute atomic E-state index is 0.177. The van der Waals surface area contributed by atoms with Gasteiger partial charge in [-0.05, 0) is 42.8 Å². The van der Waals surface area contributed by atoms with Crippen LogP contribution >= 0.6 is 0 Å². The maximum atomic E-state index is 5.40. The summed E-state index contributed by atoms with van der Waals surface area (Å²) < 4.78 is 5.40. The number of rotatable bonds is 4. The van der Waals surface area contributed by atoms with Crippen molar-refractivity contribution in [2.24, 2.45) is 0 Å². The minimum Gasteiger partial charge on any atom is -0.497 e. The van der Waals surface area contributed by atoms with Crippen molar-refractivity contribution in [1.29, 1.82) is 0 Å². The SMILES string of the molecule is COc1cccc(C(c2ccccn2)N2CCCNCC2)c1. The van der Waals surface area contributed by atoms with Crippen molar-refractivity contribution in [2.75, 3.05) is 33.3 Å². The largest absolute Gasteiger partial charge is 0.497 e. The van der Waals surface area contributed by atoms with Gasteiger partial charge in [-0.15, -0.1) is 0 Å². The van der Waals surface area contributed by atoms with Crippen LogP contribution in [0, 0.1) is 0 Å². The lowest BCUT2D eigenvalue weighted by molar-refractivity contribution is 0.237. The van der Waals surface area contributed by atoms with Crippen LogP contribution in [-0.2, 0) is 0 Å². The van der Waals surface area contributed by atoms with Crippen LogP contribution in [0.4, 0.5) is 0 Å². The van der Waals surface area contributed by atoms with E-state index in [1.165, 1.54) is 5.56 Å². The van der Waals surface area contributed by atoms with Gasteiger partial charge in [0.1, 0.15) is 5.75 Å². The summed E-state index contributed by atoms with van der Waals surface area (Å²) in [6.07, 6.45) is 3.03. The number of methoxy groups -OCH3 is 1. The van der Waals surface area contributed by atoms with Gasteiger partial charge in [0.25, 0.3) is 0 Å². The third-order valence-corrected chi connectivity index (χ3v) is 4.12. The fourth-order valence-corrected chi connectivity index (χ4v) is 3.04. The first-order chi connectivity index (χ1) is 10.9. The molecule has 1 atom stereocenters. The summed E-state index contributed by atoms with van der Waals surface area (Å²) in [5, 5.41) is 3.47. The Bertz CT molecular complexity index is 580. The van der Waals surface area contributed by atoms with E-state index in [4.69, 9.17) is 4.74 Å². The molecule has 0 aliphatic carbocycles. The average Bonchev–Trinajstić information content (AvgIpc) is 2.86. The van der Waals surface area contributed by atoms with E-state index in [9.17, 15) is 0 Å². The molecule has 116 valence electrons. The number of nitrogens with zero attached hydrogens (tertiary/aromatic N) is 2. The van der Waals surface area contributed by atoms with Gasteiger partial charge in [-0.1, -0.05) is 18.2 Å². The van der Waals surface area contributed by atoms with Gasteiger partial charge in [0.05, 0.1) is 18.8 Å². The summed E-state index contributed by atoms with van der Waals surface area (Å²) in [7, 11) is 1.71. The first-order valence-corrected chi connectivity index (χ1v) is 7.88. The van der Waals surface area contributed by atoms with Crippen molar-refractivity contribution >= 4 is 0 Å². The number of pyridine rings is 1. The Morgan fingerprint density at radius 2 is 2.09 bits per heavy atom. The predicted molar refractivity (Wildman–Crippen MR) is 88.1 cm³/mol. The van der Waals surface area contributed by atoms with Gasteiger partial charge in [-0.2, -0.15) is 0 Å². The fourth-order valence-electron chi connectivity index (χ4n) is 3.04. The summed E-state index contributed by atoms with van der Waals surface area (Å²) >= 11 is 0. The van der Waals surface area contributed by atoms with Crippen molar-refractivity contribution in [3.05, 3.63) is 59.9 Å². The summed E-state index contributed by atoms with van der Waals surface area (Å²) in [6.45, 7) is 4.21. The Kier molecular flexibility index (Phi) is 5.03. The third kappa shape index (κ3) is 3.46. The Labute approximate surface area is 132 Å². The molecule has 0 saturated carbocycles. The molecule has 4 nitrogen and oxygen atoms in total. The molecule has 0 radical (unpaired) electrons. The smallest absolute Gasteiger partial charge is 0.119 e. The van der Waals surface area contributed by atoms with Gasteiger partial charge >= 0.3 is 0 Å². The second-order valence-electron chi connectivity index (χ2n) is 5.57. The molecule has 0 amide bonds. The van der Waals surface area contributed by atoms with Gasteiger partial charge < -0.3 is 10.1 Å². The van der Waals surface area contributed by atoms with E-state index in [1.54, 1.807) is 7.11 Å². The number of benzene rings is 1. The van der Waals surface area contributed by atoms with Crippen molar-refractivity contribution in [3.63, 3.8) is 0 Å². The maximum Gasteiger partial charge on any atom is 0.119 e. The highest BCUT2D eigenvalue weighted by molar-refractivity contribution is 5.34. The number of hydrogen-bond donors (Lipinski definition) is 1. The zero-order valence-electron chi connectivity index (χ0n) is 13.0. The lowest BCUT2D eigenvalue weighted by Crippen LogP contribution is -2.33. The molecule has 22 heavy (non-hydrogen) atoms. The second-order valence-corrected chi connectivity index (χ2v) is 5.57. The molecule has 1 unspecified atom stereocenters. The Morgan fingerprint density at radius 1 is 1.14 bits per heavy atom. The van der Waals surface area contributed by atoms with Crippen LogP contribution in [0.25, 0.3) is 0 Å². The predicted octanol–water partition coefficient (Wildman–Crippen LogP) is 2.47. The summed E-state index contributed by atoms with van der Waals surface area (Å²) in [4.78, 5) is 7.12. The first-order valence-electron chi connectivity index (χ1n) is 7.88. The van der Waals surface area contributed by atoms with E-state index in [0.29, 0.717) is 0 Å². The molecule has 3 rings (SSSR count). The van der Waals surface area contributed by atoms with Crippen molar-refractivity contribution < 1.29 is 4.74 Å². The highest BCUT2D eigenvalue weighted by atomic mass is 16.5. The molecule has 1 N–H and O–H groups in total. The lowest BCUT2D eigenvalue weighted by atomic mass is 10.0. The molecule has 0 spiro atoms. The van der Waals surface area contributed by atoms with Crippen LogP contribution in [0.1, 0.15) is 23.7 Å². The molecule has 1 aromatic carbocycles. The molecular formula is C18H23N3O. The van der Waals surface area contributed by atoms with Crippen LogP contribution in [0.5, 0.6) is 5.75 Å². The molecule has 1 aromatic heterocycles. The van der Waals surface area contributed by atoms with Crippen molar-refractivity contribution in [2.45, 2.75) is 12.5 Å². The Hall–Kier alpha value is -1.91. The summed E-state index contributed by atoms with van der Waals surface area (Å²) in [6, 6.07) is 14.7. The molecule has 0 bridgehead atoms. The topological polar surface area (TPSA) is 37.4 Å². The van der Waals surface area contributed by atoms with Crippen LogP contribution in [0.3, 0.4) is 0 Å². The molecule has 1 saturated heterocycles. The molecule has 2 heterocycles. The Balaban J connectivity index is 1.98. The zero-order valence-corrected chi connectivity index (χ0v) is 13.0. The monoisotopic (exact) mass is 297 g/mol. The highest BCUT2D eigenvalue weighted by Gasteiger charge is 2.24. The van der Waals surface area contributed by atoms with Crippen molar-refractivity contribution in [1.82, 2.24) is 15.2 Å². The highest BCUT2D eigenvalue weighted by Crippen LogP contribution is 2.29. The van der Waals surface area contributed by atoms with Gasteiger partial charge in [-0.3, -0.25) is 9.88 Å². The van der Waals surface area contributed by atoms with E-state index >= 15 is 0 Å². The quantitative estimate of drug-likeness (QED) is 0.941. The van der Waals surface area contributed by atoms with Crippen LogP contribution in [-0.4, -0.2) is 43.2 Å². The average molecular weight is 297 g/mol. The lowest BCUT2D eigenvalue weighted by Gasteiger charge is -2.30. The van der Waals surface area contributed by atoms with Gasteiger partial charge in [0.15, 0.2) is 0 Å². The first kappa shape index (κ1) is 15.0.